The highest BCUT2D eigenvalue weighted by Gasteiger charge is 2.33. The SMILES string of the molecule is Cc1nccc(OC2CCN(C(=O)CN3CCN(c4ccc(C(C)C)cc4)C3=O)CC2)n1. The van der Waals surface area contributed by atoms with Gasteiger partial charge in [-0.05, 0) is 30.5 Å². The molecule has 0 bridgehead atoms. The molecular weight excluding hydrogens is 406 g/mol. The first-order valence-corrected chi connectivity index (χ1v) is 11.3. The van der Waals surface area contributed by atoms with Gasteiger partial charge in [0, 0.05) is 57.0 Å². The van der Waals surface area contributed by atoms with E-state index in [0.29, 0.717) is 43.8 Å². The first-order chi connectivity index (χ1) is 15.4. The van der Waals surface area contributed by atoms with Crippen LogP contribution in [0.25, 0.3) is 0 Å². The number of piperidine rings is 1. The number of anilines is 1. The summed E-state index contributed by atoms with van der Waals surface area (Å²) in [5.74, 6) is 1.69. The molecule has 3 heterocycles. The highest BCUT2D eigenvalue weighted by atomic mass is 16.5. The lowest BCUT2D eigenvalue weighted by Gasteiger charge is -2.32. The second-order valence-corrected chi connectivity index (χ2v) is 8.74. The minimum Gasteiger partial charge on any atom is -0.474 e. The van der Waals surface area contributed by atoms with E-state index in [1.54, 1.807) is 22.1 Å². The average Bonchev–Trinajstić information content (AvgIpc) is 3.14. The number of aromatic nitrogens is 2. The molecule has 2 aromatic rings. The quantitative estimate of drug-likeness (QED) is 0.693. The molecule has 3 amide bonds. The summed E-state index contributed by atoms with van der Waals surface area (Å²) in [6.45, 7) is 8.65. The van der Waals surface area contributed by atoms with E-state index in [9.17, 15) is 9.59 Å². The minimum atomic E-state index is -0.104. The summed E-state index contributed by atoms with van der Waals surface area (Å²) in [5.41, 5.74) is 2.13. The zero-order valence-corrected chi connectivity index (χ0v) is 19.0. The van der Waals surface area contributed by atoms with Crippen LogP contribution in [0.15, 0.2) is 36.5 Å². The Morgan fingerprint density at radius 2 is 1.81 bits per heavy atom. The van der Waals surface area contributed by atoms with Crippen molar-refractivity contribution >= 4 is 17.6 Å². The molecule has 1 aromatic carbocycles. The molecule has 0 atom stereocenters. The van der Waals surface area contributed by atoms with E-state index in [-0.39, 0.29) is 24.6 Å². The molecule has 0 unspecified atom stereocenters. The minimum absolute atomic E-state index is 0.00770. The number of carbonyl (C=O) groups is 2. The molecule has 2 fully saturated rings. The maximum absolute atomic E-state index is 12.9. The summed E-state index contributed by atoms with van der Waals surface area (Å²) in [7, 11) is 0. The van der Waals surface area contributed by atoms with Crippen LogP contribution in [-0.2, 0) is 4.79 Å². The van der Waals surface area contributed by atoms with Crippen molar-refractivity contribution in [2.45, 2.75) is 45.6 Å². The van der Waals surface area contributed by atoms with E-state index in [1.807, 2.05) is 24.0 Å². The van der Waals surface area contributed by atoms with E-state index in [1.165, 1.54) is 5.56 Å². The number of rotatable bonds is 6. The zero-order valence-electron chi connectivity index (χ0n) is 19.0. The van der Waals surface area contributed by atoms with Gasteiger partial charge in [0.05, 0.1) is 0 Å². The molecule has 8 heteroatoms. The maximum Gasteiger partial charge on any atom is 0.325 e. The summed E-state index contributed by atoms with van der Waals surface area (Å²) < 4.78 is 5.94. The highest BCUT2D eigenvalue weighted by molar-refractivity contribution is 5.96. The van der Waals surface area contributed by atoms with Crippen LogP contribution in [0.5, 0.6) is 5.88 Å². The second kappa shape index (κ2) is 9.54. The third kappa shape index (κ3) is 5.00. The maximum atomic E-state index is 12.9. The number of urea groups is 1. The number of aryl methyl sites for hydroxylation is 1. The summed E-state index contributed by atoms with van der Waals surface area (Å²) in [5, 5.41) is 0. The summed E-state index contributed by atoms with van der Waals surface area (Å²) in [6.07, 6.45) is 3.21. The normalized spacial score (nSPS) is 17.4. The lowest BCUT2D eigenvalue weighted by molar-refractivity contribution is -0.133. The smallest absolute Gasteiger partial charge is 0.325 e. The van der Waals surface area contributed by atoms with Crippen molar-refractivity contribution < 1.29 is 14.3 Å². The third-order valence-electron chi connectivity index (χ3n) is 6.13. The number of carbonyl (C=O) groups excluding carboxylic acids is 2. The largest absolute Gasteiger partial charge is 0.474 e. The first-order valence-electron chi connectivity index (χ1n) is 11.3. The molecule has 170 valence electrons. The van der Waals surface area contributed by atoms with Crippen molar-refractivity contribution in [3.8, 4) is 5.88 Å². The number of hydrogen-bond donors (Lipinski definition) is 0. The zero-order chi connectivity index (χ0) is 22.7. The number of likely N-dealkylation sites (tertiary alicyclic amines) is 1. The van der Waals surface area contributed by atoms with Crippen LogP contribution in [0, 0.1) is 6.92 Å². The van der Waals surface area contributed by atoms with Gasteiger partial charge in [0.1, 0.15) is 18.5 Å². The van der Waals surface area contributed by atoms with Gasteiger partial charge in [0.25, 0.3) is 0 Å². The molecule has 2 saturated heterocycles. The van der Waals surface area contributed by atoms with Crippen molar-refractivity contribution in [2.75, 3.05) is 37.6 Å². The van der Waals surface area contributed by atoms with Gasteiger partial charge in [-0.1, -0.05) is 26.0 Å². The van der Waals surface area contributed by atoms with Crippen LogP contribution < -0.4 is 9.64 Å². The fourth-order valence-electron chi connectivity index (χ4n) is 4.17. The van der Waals surface area contributed by atoms with Crippen LogP contribution in [0.3, 0.4) is 0 Å². The van der Waals surface area contributed by atoms with E-state index >= 15 is 0 Å². The van der Waals surface area contributed by atoms with Gasteiger partial charge in [-0.15, -0.1) is 0 Å². The van der Waals surface area contributed by atoms with Crippen LogP contribution in [-0.4, -0.2) is 70.5 Å². The monoisotopic (exact) mass is 437 g/mol. The molecule has 2 aliphatic rings. The Hall–Kier alpha value is -3.16. The van der Waals surface area contributed by atoms with Gasteiger partial charge in [-0.25, -0.2) is 9.78 Å². The van der Waals surface area contributed by atoms with Gasteiger partial charge in [-0.2, -0.15) is 4.98 Å². The molecule has 2 aliphatic heterocycles. The van der Waals surface area contributed by atoms with E-state index < -0.39 is 0 Å². The molecule has 32 heavy (non-hydrogen) atoms. The number of nitrogens with zero attached hydrogens (tertiary/aromatic N) is 5. The Morgan fingerprint density at radius 1 is 1.09 bits per heavy atom. The summed E-state index contributed by atoms with van der Waals surface area (Å²) >= 11 is 0. The Labute approximate surface area is 189 Å². The molecule has 0 aliphatic carbocycles. The van der Waals surface area contributed by atoms with Crippen LogP contribution in [0.1, 0.15) is 44.0 Å². The third-order valence-corrected chi connectivity index (χ3v) is 6.13. The number of ether oxygens (including phenoxy) is 1. The predicted octanol–water partition coefficient (Wildman–Crippen LogP) is 3.22. The topological polar surface area (TPSA) is 78.9 Å². The van der Waals surface area contributed by atoms with E-state index in [2.05, 4.69) is 35.9 Å². The van der Waals surface area contributed by atoms with Crippen molar-refractivity contribution in [1.29, 1.82) is 0 Å². The molecule has 8 nitrogen and oxygen atoms in total. The molecule has 0 N–H and O–H groups in total. The van der Waals surface area contributed by atoms with Gasteiger partial charge < -0.3 is 14.5 Å². The van der Waals surface area contributed by atoms with E-state index in [4.69, 9.17) is 4.74 Å². The number of amides is 3. The Balaban J connectivity index is 1.27. The lowest BCUT2D eigenvalue weighted by Crippen LogP contribution is -2.47. The first kappa shape index (κ1) is 22.0. The fraction of sp³-hybridized carbons (Fsp3) is 0.500. The van der Waals surface area contributed by atoms with Crippen LogP contribution in [0.4, 0.5) is 10.5 Å². The Morgan fingerprint density at radius 3 is 2.47 bits per heavy atom. The fourth-order valence-corrected chi connectivity index (χ4v) is 4.17. The lowest BCUT2D eigenvalue weighted by atomic mass is 10.0. The second-order valence-electron chi connectivity index (χ2n) is 8.74. The molecule has 4 rings (SSSR count). The number of hydrogen-bond acceptors (Lipinski definition) is 5. The summed E-state index contributed by atoms with van der Waals surface area (Å²) in [4.78, 5) is 39.3. The average molecular weight is 438 g/mol. The van der Waals surface area contributed by atoms with Crippen molar-refractivity contribution in [1.82, 2.24) is 19.8 Å². The van der Waals surface area contributed by atoms with Crippen LogP contribution >= 0.6 is 0 Å². The summed E-state index contributed by atoms with van der Waals surface area (Å²) in [6, 6.07) is 9.76. The van der Waals surface area contributed by atoms with E-state index in [0.717, 1.165) is 18.5 Å². The van der Waals surface area contributed by atoms with Crippen molar-refractivity contribution in [3.63, 3.8) is 0 Å². The van der Waals surface area contributed by atoms with Crippen molar-refractivity contribution in [2.24, 2.45) is 0 Å². The molecule has 0 radical (unpaired) electrons. The van der Waals surface area contributed by atoms with Gasteiger partial charge in [-0.3, -0.25) is 9.69 Å². The molecule has 0 spiro atoms. The number of benzene rings is 1. The van der Waals surface area contributed by atoms with Crippen LogP contribution in [0.2, 0.25) is 0 Å². The van der Waals surface area contributed by atoms with Gasteiger partial charge in [0.15, 0.2) is 0 Å². The Bertz CT molecular complexity index is 954. The molecular formula is C24H31N5O3. The molecule has 1 aromatic heterocycles. The standard InChI is InChI=1S/C24H31N5O3/c1-17(2)19-4-6-20(7-5-19)29-15-14-28(24(29)31)16-23(30)27-12-9-21(10-13-27)32-22-8-11-25-18(3)26-22/h4-8,11,17,21H,9-10,12-16H2,1-3H3. The van der Waals surface area contributed by atoms with Crippen molar-refractivity contribution in [3.05, 3.63) is 47.9 Å². The highest BCUT2D eigenvalue weighted by Crippen LogP contribution is 2.24. The predicted molar refractivity (Wildman–Crippen MR) is 122 cm³/mol. The van der Waals surface area contributed by atoms with Gasteiger partial charge >= 0.3 is 6.03 Å². The Kier molecular flexibility index (Phi) is 6.58. The van der Waals surface area contributed by atoms with Gasteiger partial charge in [0.2, 0.25) is 11.8 Å². The molecule has 0 saturated carbocycles.